The summed E-state index contributed by atoms with van der Waals surface area (Å²) >= 11 is 5.85. The zero-order valence-corrected chi connectivity index (χ0v) is 17.9. The van der Waals surface area contributed by atoms with Crippen LogP contribution in [0.2, 0.25) is 5.02 Å². The number of carbonyl (C=O) groups excluding carboxylic acids is 3. The molecule has 0 bridgehead atoms. The number of halogens is 4. The molecule has 4 rings (SSSR count). The SMILES string of the molecule is CC1(c2ccc3ccccc3c2)NC(=O)N(CC(=O)Nc2c(Cl)cccc2C(F)(F)F)C1=O. The lowest BCUT2D eigenvalue weighted by Gasteiger charge is -2.23. The fourth-order valence-electron chi connectivity index (χ4n) is 3.75. The Balaban J connectivity index is 1.57. The highest BCUT2D eigenvalue weighted by Gasteiger charge is 2.49. The molecule has 1 aliphatic heterocycles. The second-order valence-corrected chi connectivity index (χ2v) is 8.12. The van der Waals surface area contributed by atoms with Gasteiger partial charge in [-0.15, -0.1) is 0 Å². The van der Waals surface area contributed by atoms with Crippen LogP contribution in [-0.4, -0.2) is 29.3 Å². The number of anilines is 1. The molecule has 3 aromatic rings. The Kier molecular flexibility index (Phi) is 5.53. The predicted molar refractivity (Wildman–Crippen MR) is 117 cm³/mol. The summed E-state index contributed by atoms with van der Waals surface area (Å²) in [5.74, 6) is -1.70. The van der Waals surface area contributed by atoms with Crippen molar-refractivity contribution in [1.29, 1.82) is 0 Å². The van der Waals surface area contributed by atoms with Crippen LogP contribution >= 0.6 is 11.6 Å². The molecule has 6 nitrogen and oxygen atoms in total. The molecule has 0 aliphatic carbocycles. The molecular weight excluding hydrogens is 459 g/mol. The number of hydrogen-bond donors (Lipinski definition) is 2. The molecule has 1 unspecified atom stereocenters. The highest BCUT2D eigenvalue weighted by molar-refractivity contribution is 6.34. The Hall–Kier alpha value is -3.59. The number of amides is 4. The van der Waals surface area contributed by atoms with Gasteiger partial charge < -0.3 is 10.6 Å². The van der Waals surface area contributed by atoms with Crippen molar-refractivity contribution in [3.63, 3.8) is 0 Å². The predicted octanol–water partition coefficient (Wildman–Crippen LogP) is 4.92. The third-order valence-corrected chi connectivity index (χ3v) is 5.80. The van der Waals surface area contributed by atoms with Crippen LogP contribution in [0.1, 0.15) is 18.1 Å². The number of nitrogens with one attached hydrogen (secondary N) is 2. The van der Waals surface area contributed by atoms with Crippen LogP contribution in [0.4, 0.5) is 23.7 Å². The van der Waals surface area contributed by atoms with Crippen LogP contribution in [0.15, 0.2) is 60.7 Å². The quantitative estimate of drug-likeness (QED) is 0.526. The molecule has 1 fully saturated rings. The molecule has 2 N–H and O–H groups in total. The van der Waals surface area contributed by atoms with Crippen molar-refractivity contribution in [2.75, 3.05) is 11.9 Å². The molecule has 170 valence electrons. The minimum Gasteiger partial charge on any atom is -0.323 e. The number of nitrogens with zero attached hydrogens (tertiary/aromatic N) is 1. The Morgan fingerprint density at radius 3 is 2.45 bits per heavy atom. The van der Waals surface area contributed by atoms with Crippen LogP contribution in [0.25, 0.3) is 10.8 Å². The fourth-order valence-corrected chi connectivity index (χ4v) is 3.97. The molecule has 10 heteroatoms. The number of alkyl halides is 3. The van der Waals surface area contributed by atoms with Crippen molar-refractivity contribution in [2.24, 2.45) is 0 Å². The Morgan fingerprint density at radius 1 is 1.06 bits per heavy atom. The first-order chi connectivity index (χ1) is 15.5. The molecule has 0 aromatic heterocycles. The fraction of sp³-hybridized carbons (Fsp3) is 0.174. The summed E-state index contributed by atoms with van der Waals surface area (Å²) in [6.45, 7) is 0.724. The van der Waals surface area contributed by atoms with Gasteiger partial charge in [0, 0.05) is 0 Å². The Bertz CT molecular complexity index is 1290. The van der Waals surface area contributed by atoms with E-state index in [4.69, 9.17) is 11.6 Å². The van der Waals surface area contributed by atoms with Crippen LogP contribution in [0, 0.1) is 0 Å². The smallest absolute Gasteiger partial charge is 0.323 e. The first kappa shape index (κ1) is 22.6. The summed E-state index contributed by atoms with van der Waals surface area (Å²) < 4.78 is 39.8. The number of carbonyl (C=O) groups is 3. The average molecular weight is 476 g/mol. The molecule has 0 spiro atoms. The van der Waals surface area contributed by atoms with Gasteiger partial charge in [0.15, 0.2) is 0 Å². The Morgan fingerprint density at radius 2 is 1.76 bits per heavy atom. The molecule has 0 saturated carbocycles. The van der Waals surface area contributed by atoms with Gasteiger partial charge in [0.25, 0.3) is 5.91 Å². The summed E-state index contributed by atoms with van der Waals surface area (Å²) in [7, 11) is 0. The molecule has 3 aromatic carbocycles. The van der Waals surface area contributed by atoms with Gasteiger partial charge >= 0.3 is 12.2 Å². The van der Waals surface area contributed by atoms with Crippen molar-refractivity contribution < 1.29 is 27.6 Å². The number of rotatable bonds is 4. The number of urea groups is 1. The van der Waals surface area contributed by atoms with E-state index in [2.05, 4.69) is 10.6 Å². The average Bonchev–Trinajstić information content (AvgIpc) is 2.98. The first-order valence-electron chi connectivity index (χ1n) is 9.79. The summed E-state index contributed by atoms with van der Waals surface area (Å²) in [4.78, 5) is 38.8. The lowest BCUT2D eigenvalue weighted by molar-refractivity contribution is -0.137. The topological polar surface area (TPSA) is 78.5 Å². The third kappa shape index (κ3) is 4.11. The van der Waals surface area contributed by atoms with E-state index in [0.717, 1.165) is 22.9 Å². The van der Waals surface area contributed by atoms with Crippen molar-refractivity contribution in [1.82, 2.24) is 10.2 Å². The van der Waals surface area contributed by atoms with Crippen molar-refractivity contribution in [3.05, 3.63) is 76.8 Å². The van der Waals surface area contributed by atoms with E-state index in [0.29, 0.717) is 10.5 Å². The number of fused-ring (bicyclic) bond motifs is 1. The molecule has 1 atom stereocenters. The zero-order chi connectivity index (χ0) is 24.0. The second kappa shape index (κ2) is 8.08. The van der Waals surface area contributed by atoms with E-state index >= 15 is 0 Å². The van der Waals surface area contributed by atoms with Crippen LogP contribution in [-0.2, 0) is 21.3 Å². The zero-order valence-electron chi connectivity index (χ0n) is 17.2. The number of para-hydroxylation sites is 1. The van der Waals surface area contributed by atoms with Crippen LogP contribution in [0.5, 0.6) is 0 Å². The first-order valence-corrected chi connectivity index (χ1v) is 10.2. The van der Waals surface area contributed by atoms with E-state index in [1.807, 2.05) is 24.3 Å². The minimum atomic E-state index is -4.76. The lowest BCUT2D eigenvalue weighted by Crippen LogP contribution is -2.42. The van der Waals surface area contributed by atoms with Crippen molar-refractivity contribution in [2.45, 2.75) is 18.6 Å². The third-order valence-electron chi connectivity index (χ3n) is 5.49. The lowest BCUT2D eigenvalue weighted by atomic mass is 9.90. The van der Waals surface area contributed by atoms with Crippen LogP contribution in [0.3, 0.4) is 0 Å². The maximum Gasteiger partial charge on any atom is 0.418 e. The monoisotopic (exact) mass is 475 g/mol. The van der Waals surface area contributed by atoms with Crippen molar-refractivity contribution >= 4 is 45.9 Å². The van der Waals surface area contributed by atoms with E-state index in [1.54, 1.807) is 18.2 Å². The highest BCUT2D eigenvalue weighted by atomic mass is 35.5. The van der Waals surface area contributed by atoms with Gasteiger partial charge in [-0.25, -0.2) is 4.79 Å². The van der Waals surface area contributed by atoms with Gasteiger partial charge in [-0.1, -0.05) is 54.1 Å². The normalized spacial score (nSPS) is 18.5. The molecule has 1 aliphatic rings. The van der Waals surface area contributed by atoms with E-state index in [-0.39, 0.29) is 5.02 Å². The van der Waals surface area contributed by atoms with Gasteiger partial charge in [-0.2, -0.15) is 13.2 Å². The second-order valence-electron chi connectivity index (χ2n) is 7.72. The highest BCUT2D eigenvalue weighted by Crippen LogP contribution is 2.38. The number of benzene rings is 3. The van der Waals surface area contributed by atoms with E-state index < -0.39 is 47.4 Å². The summed E-state index contributed by atoms with van der Waals surface area (Å²) in [5.41, 5.74) is -2.71. The summed E-state index contributed by atoms with van der Waals surface area (Å²) in [6, 6.07) is 15.0. The van der Waals surface area contributed by atoms with E-state index in [1.165, 1.54) is 13.0 Å². The standard InChI is InChI=1S/C23H17ClF3N3O3/c1-22(15-10-9-13-5-2-3-6-14(13)11-15)20(32)30(21(33)29-22)12-18(31)28-19-16(23(25,26)27)7-4-8-17(19)24/h2-11H,12H2,1H3,(H,28,31)(H,29,33). The maximum atomic E-state index is 13.3. The van der Waals surface area contributed by atoms with Gasteiger partial charge in [-0.05, 0) is 41.5 Å². The summed E-state index contributed by atoms with van der Waals surface area (Å²) in [6.07, 6.45) is -4.76. The largest absolute Gasteiger partial charge is 0.418 e. The van der Waals surface area contributed by atoms with Crippen molar-refractivity contribution in [3.8, 4) is 0 Å². The van der Waals surface area contributed by atoms with Gasteiger partial charge in [0.05, 0.1) is 16.3 Å². The molecule has 4 amide bonds. The minimum absolute atomic E-state index is 0.323. The molecule has 33 heavy (non-hydrogen) atoms. The number of imide groups is 1. The maximum absolute atomic E-state index is 13.3. The van der Waals surface area contributed by atoms with Gasteiger partial charge in [0.1, 0.15) is 12.1 Å². The van der Waals surface area contributed by atoms with Gasteiger partial charge in [-0.3, -0.25) is 14.5 Å². The van der Waals surface area contributed by atoms with E-state index in [9.17, 15) is 27.6 Å². The number of hydrogen-bond acceptors (Lipinski definition) is 3. The molecule has 1 saturated heterocycles. The molecule has 1 heterocycles. The van der Waals surface area contributed by atoms with Crippen LogP contribution < -0.4 is 10.6 Å². The molecular formula is C23H17ClF3N3O3. The molecule has 0 radical (unpaired) electrons. The Labute approximate surface area is 191 Å². The summed E-state index contributed by atoms with van der Waals surface area (Å²) in [5, 5.41) is 6.13. The van der Waals surface area contributed by atoms with Gasteiger partial charge in [0.2, 0.25) is 5.91 Å².